The minimum Gasteiger partial charge on any atom is -0.494 e. The molecule has 0 aliphatic heterocycles. The van der Waals surface area contributed by atoms with E-state index in [2.05, 4.69) is 237 Å². The normalized spacial score (nSPS) is 20.2. The van der Waals surface area contributed by atoms with E-state index in [0.29, 0.717) is 54.5 Å². The van der Waals surface area contributed by atoms with Crippen LogP contribution >= 0.6 is 0 Å². The number of aryl methyl sites for hydroxylation is 4. The SMILES string of the molecule is C=CC(=O)OC1CCC(OCOC2CCC(c3ccc(-c4ccc(CCC)cc4)cc3)CC2)CC1.C=CC(=O)OCCCCCCOc1ccc(C2CCC(c3ccc(-c4ccc(CCC)cc4)c(C)c3)CC2)cc1.C=CC(=O)Oc1ccc(-c2ccc(C3CCC(CCC)CC3)cc2)cc1.C=CC(=O)Oc1ccc(C2CCC(c3ccc(CCC)cc3)CC2)cc1. The Morgan fingerprint density at radius 1 is 0.315 bits per heavy atom. The highest BCUT2D eigenvalue weighted by Gasteiger charge is 2.30. The molecular formula is C116H142O11. The Kier molecular flexibility index (Phi) is 40.3. The summed E-state index contributed by atoms with van der Waals surface area (Å²) in [5.41, 5.74) is 21.9. The summed E-state index contributed by atoms with van der Waals surface area (Å²) < 4.78 is 38.6. The van der Waals surface area contributed by atoms with Gasteiger partial charge in [0.05, 0.1) is 25.4 Å². The monoisotopic (exact) mass is 1710 g/mol. The Morgan fingerprint density at radius 3 is 1.03 bits per heavy atom. The minimum absolute atomic E-state index is 0.00282. The number of esters is 4. The Morgan fingerprint density at radius 2 is 0.630 bits per heavy atom. The largest absolute Gasteiger partial charge is 0.494 e. The highest BCUT2D eigenvalue weighted by atomic mass is 16.7. The molecule has 0 atom stereocenters. The molecule has 0 unspecified atom stereocenters. The molecule has 5 aliphatic carbocycles. The molecule has 0 radical (unpaired) electrons. The summed E-state index contributed by atoms with van der Waals surface area (Å²) in [6, 6.07) is 77.0. The number of carbonyl (C=O) groups excluding carboxylic acids is 4. The molecule has 11 heteroatoms. The van der Waals surface area contributed by atoms with Gasteiger partial charge in [0.25, 0.3) is 0 Å². The summed E-state index contributed by atoms with van der Waals surface area (Å²) in [4.78, 5) is 44.9. The van der Waals surface area contributed by atoms with Crippen molar-refractivity contribution in [1.29, 1.82) is 0 Å². The average Bonchev–Trinajstić information content (AvgIpc) is 0.811. The molecule has 9 aromatic rings. The molecule has 5 fully saturated rings. The number of ether oxygens (including phenoxy) is 7. The molecule has 0 bridgehead atoms. The van der Waals surface area contributed by atoms with Gasteiger partial charge in [0.15, 0.2) is 0 Å². The van der Waals surface area contributed by atoms with Gasteiger partial charge in [0, 0.05) is 24.3 Å². The fourth-order valence-corrected chi connectivity index (χ4v) is 19.4. The van der Waals surface area contributed by atoms with Crippen molar-refractivity contribution >= 4 is 23.9 Å². The zero-order chi connectivity index (χ0) is 89.3. The molecule has 0 heterocycles. The Hall–Kier alpha value is -10.5. The third-order valence-electron chi connectivity index (χ3n) is 26.8. The van der Waals surface area contributed by atoms with Gasteiger partial charge in [0.1, 0.15) is 30.1 Å². The molecule has 0 amide bonds. The molecule has 11 nitrogen and oxygen atoms in total. The zero-order valence-corrected chi connectivity index (χ0v) is 76.9. The first-order valence-electron chi connectivity index (χ1n) is 48.1. The summed E-state index contributed by atoms with van der Waals surface area (Å²) in [6.07, 6.45) is 42.3. The second-order valence-electron chi connectivity index (χ2n) is 35.8. The quantitative estimate of drug-likeness (QED) is 0.0122. The van der Waals surface area contributed by atoms with E-state index in [1.807, 2.05) is 36.4 Å². The molecule has 5 aliphatic rings. The van der Waals surface area contributed by atoms with Crippen molar-refractivity contribution < 1.29 is 52.3 Å². The predicted molar refractivity (Wildman–Crippen MR) is 520 cm³/mol. The van der Waals surface area contributed by atoms with Crippen molar-refractivity contribution in [3.8, 4) is 50.6 Å². The lowest BCUT2D eigenvalue weighted by Gasteiger charge is -2.31. The summed E-state index contributed by atoms with van der Waals surface area (Å²) in [6.45, 7) is 26.5. The van der Waals surface area contributed by atoms with Crippen LogP contribution in [-0.2, 0) is 57.4 Å². The Labute approximate surface area is 760 Å². The fraction of sp³-hybridized carbons (Fsp3) is 0.431. The number of hydrogen-bond donors (Lipinski definition) is 0. The maximum Gasteiger partial charge on any atom is 0.335 e. The number of benzene rings is 9. The van der Waals surface area contributed by atoms with Gasteiger partial charge in [-0.2, -0.15) is 0 Å². The van der Waals surface area contributed by atoms with Crippen molar-refractivity contribution in [3.05, 3.63) is 319 Å². The van der Waals surface area contributed by atoms with Crippen LogP contribution in [0.25, 0.3) is 33.4 Å². The van der Waals surface area contributed by atoms with Gasteiger partial charge in [-0.1, -0.05) is 262 Å². The van der Waals surface area contributed by atoms with E-state index in [-0.39, 0.29) is 30.3 Å². The smallest absolute Gasteiger partial charge is 0.335 e. The molecule has 0 saturated heterocycles. The molecule has 5 saturated carbocycles. The van der Waals surface area contributed by atoms with Gasteiger partial charge < -0.3 is 33.2 Å². The van der Waals surface area contributed by atoms with E-state index >= 15 is 0 Å². The second-order valence-corrected chi connectivity index (χ2v) is 35.8. The van der Waals surface area contributed by atoms with E-state index in [1.54, 1.807) is 0 Å². The first-order chi connectivity index (χ1) is 62.1. The van der Waals surface area contributed by atoms with Crippen LogP contribution in [0.1, 0.15) is 305 Å². The van der Waals surface area contributed by atoms with Crippen LogP contribution in [0.2, 0.25) is 0 Å². The van der Waals surface area contributed by atoms with Crippen LogP contribution in [0.15, 0.2) is 263 Å². The molecule has 0 aromatic heterocycles. The topological polar surface area (TPSA) is 133 Å². The van der Waals surface area contributed by atoms with E-state index in [4.69, 9.17) is 33.2 Å². The van der Waals surface area contributed by atoms with Crippen LogP contribution < -0.4 is 14.2 Å². The number of unbranched alkanes of at least 4 members (excludes halogenated alkanes) is 3. The van der Waals surface area contributed by atoms with Crippen molar-refractivity contribution in [2.45, 2.75) is 294 Å². The molecule has 14 rings (SSSR count). The third-order valence-corrected chi connectivity index (χ3v) is 26.8. The van der Waals surface area contributed by atoms with Gasteiger partial charge in [-0.05, 0) is 347 Å². The highest BCUT2D eigenvalue weighted by Crippen LogP contribution is 2.45. The van der Waals surface area contributed by atoms with Crippen molar-refractivity contribution in [2.75, 3.05) is 20.0 Å². The van der Waals surface area contributed by atoms with Crippen LogP contribution in [0, 0.1) is 12.8 Å². The van der Waals surface area contributed by atoms with E-state index in [9.17, 15) is 19.2 Å². The molecular weight excluding hydrogens is 1570 g/mol. The van der Waals surface area contributed by atoms with Crippen LogP contribution in [0.4, 0.5) is 0 Å². The van der Waals surface area contributed by atoms with Gasteiger partial charge >= 0.3 is 23.9 Å². The summed E-state index contributed by atoms with van der Waals surface area (Å²) >= 11 is 0. The minimum atomic E-state index is -0.434. The second kappa shape index (κ2) is 52.7. The molecule has 0 N–H and O–H groups in total. The zero-order valence-electron chi connectivity index (χ0n) is 76.9. The Balaban J connectivity index is 0.000000167. The van der Waals surface area contributed by atoms with Gasteiger partial charge in [-0.15, -0.1) is 0 Å². The predicted octanol–water partition coefficient (Wildman–Crippen LogP) is 29.8. The first-order valence-corrected chi connectivity index (χ1v) is 48.1. The van der Waals surface area contributed by atoms with Crippen LogP contribution in [-0.4, -0.2) is 62.2 Å². The standard InChI is InChI=1S/C37H46O3.C31H40O4.2C24H28O2/c1-4-10-29-11-13-33(14-12-29)36-24-21-34(27-28(36)3)32-17-15-30(16-18-32)31-19-22-35(23-20-31)39-25-8-6-7-9-26-40-37(38)5-2;1-3-5-23-6-8-24(9-7-23)25-10-12-26(13-11-25)27-14-16-28(17-15-27)33-22-34-29-18-20-30(21-19-29)35-31(32)4-2;2*1-3-5-18-6-8-19(9-7-18)20-10-12-21(13-11-20)22-14-16-23(17-15-22)26-24(25)4-2/h5,11-14,19-24,27,30,32H,2,4,6-10,15-18,25-26H2,1,3H3;4,6-13,27-30H,2-3,5,14-22H2,1H3;4,10-19H,2-3,5-9H2,1H3;4,6-9,14-17,20-21H,2-3,5,10-13H2,1H3. The van der Waals surface area contributed by atoms with Gasteiger partial charge in [-0.25, -0.2) is 19.2 Å². The maximum atomic E-state index is 11.3. The van der Waals surface area contributed by atoms with E-state index < -0.39 is 11.9 Å². The van der Waals surface area contributed by atoms with E-state index in [0.717, 1.165) is 120 Å². The van der Waals surface area contributed by atoms with Crippen molar-refractivity contribution in [3.63, 3.8) is 0 Å². The fourth-order valence-electron chi connectivity index (χ4n) is 19.4. The summed E-state index contributed by atoms with van der Waals surface area (Å²) in [5, 5.41) is 0. The number of rotatable bonds is 36. The molecule has 9 aromatic carbocycles. The van der Waals surface area contributed by atoms with Crippen LogP contribution in [0.5, 0.6) is 17.2 Å². The molecule has 127 heavy (non-hydrogen) atoms. The average molecular weight is 1710 g/mol. The highest BCUT2D eigenvalue weighted by molar-refractivity contribution is 5.84. The van der Waals surface area contributed by atoms with Crippen molar-refractivity contribution in [2.24, 2.45) is 5.92 Å². The van der Waals surface area contributed by atoms with Crippen molar-refractivity contribution in [1.82, 2.24) is 0 Å². The van der Waals surface area contributed by atoms with Crippen LogP contribution in [0.3, 0.4) is 0 Å². The summed E-state index contributed by atoms with van der Waals surface area (Å²) in [5.74, 6) is 5.43. The Bertz CT molecular complexity index is 4770. The maximum absolute atomic E-state index is 11.3. The summed E-state index contributed by atoms with van der Waals surface area (Å²) in [7, 11) is 0. The van der Waals surface area contributed by atoms with E-state index in [1.165, 1.54) is 223 Å². The van der Waals surface area contributed by atoms with Gasteiger partial charge in [-0.3, -0.25) is 0 Å². The number of carbonyl (C=O) groups is 4. The molecule has 0 spiro atoms. The third kappa shape index (κ3) is 31.5. The lowest BCUT2D eigenvalue weighted by molar-refractivity contribution is -0.153. The lowest BCUT2D eigenvalue weighted by Crippen LogP contribution is -2.29. The number of hydrogen-bond acceptors (Lipinski definition) is 11. The van der Waals surface area contributed by atoms with Gasteiger partial charge in [0.2, 0.25) is 0 Å². The molecule has 672 valence electrons. The lowest BCUT2D eigenvalue weighted by atomic mass is 9.76. The first kappa shape index (κ1) is 97.2.